The van der Waals surface area contributed by atoms with Crippen LogP contribution >= 0.6 is 0 Å². The SMILES string of the molecule is CC[C@@H](Cc1ccccc1)NC(=O)N1CC[C@@](O)(C(F)(F)F)C1. The largest absolute Gasteiger partial charge is 0.419 e. The number of halogens is 3. The first-order valence-corrected chi connectivity index (χ1v) is 7.63. The van der Waals surface area contributed by atoms with Crippen molar-refractivity contribution >= 4 is 6.03 Å². The van der Waals surface area contributed by atoms with E-state index in [4.69, 9.17) is 0 Å². The lowest BCUT2D eigenvalue weighted by molar-refractivity contribution is -0.253. The molecule has 2 rings (SSSR count). The van der Waals surface area contributed by atoms with Crippen molar-refractivity contribution in [2.45, 2.75) is 44.0 Å². The zero-order valence-electron chi connectivity index (χ0n) is 12.9. The Bertz CT molecular complexity index is 536. The molecule has 0 unspecified atom stereocenters. The molecule has 1 aromatic carbocycles. The maximum absolute atomic E-state index is 12.8. The first-order valence-electron chi connectivity index (χ1n) is 7.63. The standard InChI is InChI=1S/C16H21F3N2O2/c1-2-13(10-12-6-4-3-5-7-12)20-14(22)21-9-8-15(23,11-21)16(17,18)19/h3-7,13,23H,2,8-11H2,1H3,(H,20,22)/t13-,15-/m0/s1. The van der Waals surface area contributed by atoms with Crippen molar-refractivity contribution in [3.63, 3.8) is 0 Å². The van der Waals surface area contributed by atoms with Gasteiger partial charge in [-0.2, -0.15) is 13.2 Å². The van der Waals surface area contributed by atoms with Gasteiger partial charge in [0.2, 0.25) is 0 Å². The summed E-state index contributed by atoms with van der Waals surface area (Å²) in [4.78, 5) is 13.2. The number of β-amino-alcohol motifs (C(OH)–C–C–N with tert-alkyl or cyclic N) is 1. The quantitative estimate of drug-likeness (QED) is 0.892. The second-order valence-corrected chi connectivity index (χ2v) is 5.95. The number of nitrogens with zero attached hydrogens (tertiary/aromatic N) is 1. The molecule has 0 spiro atoms. The van der Waals surface area contributed by atoms with Gasteiger partial charge >= 0.3 is 12.2 Å². The lowest BCUT2D eigenvalue weighted by Gasteiger charge is -2.27. The van der Waals surface area contributed by atoms with Crippen LogP contribution in [0.25, 0.3) is 0 Å². The maximum atomic E-state index is 12.8. The maximum Gasteiger partial charge on any atom is 0.419 e. The molecular formula is C16H21F3N2O2. The summed E-state index contributed by atoms with van der Waals surface area (Å²) in [7, 11) is 0. The van der Waals surface area contributed by atoms with E-state index in [0.717, 1.165) is 10.5 Å². The number of hydrogen-bond acceptors (Lipinski definition) is 2. The number of urea groups is 1. The summed E-state index contributed by atoms with van der Waals surface area (Å²) in [6.45, 7) is 1.08. The van der Waals surface area contributed by atoms with Gasteiger partial charge in [0.1, 0.15) is 0 Å². The second-order valence-electron chi connectivity index (χ2n) is 5.95. The van der Waals surface area contributed by atoms with E-state index >= 15 is 0 Å². The number of benzene rings is 1. The molecule has 4 nitrogen and oxygen atoms in total. The summed E-state index contributed by atoms with van der Waals surface area (Å²) in [5.74, 6) is 0. The van der Waals surface area contributed by atoms with Gasteiger partial charge in [0.05, 0.1) is 6.54 Å². The molecule has 7 heteroatoms. The smallest absolute Gasteiger partial charge is 0.379 e. The summed E-state index contributed by atoms with van der Waals surface area (Å²) in [6.07, 6.45) is -3.94. The number of nitrogens with one attached hydrogen (secondary N) is 1. The summed E-state index contributed by atoms with van der Waals surface area (Å²) in [5, 5.41) is 12.4. The molecule has 2 amide bonds. The van der Waals surface area contributed by atoms with Crippen LogP contribution in [0.5, 0.6) is 0 Å². The first-order chi connectivity index (χ1) is 10.7. The molecular weight excluding hydrogens is 309 g/mol. The van der Waals surface area contributed by atoms with Crippen LogP contribution in [0, 0.1) is 0 Å². The van der Waals surface area contributed by atoms with Gasteiger partial charge in [0, 0.05) is 19.0 Å². The van der Waals surface area contributed by atoms with Crippen LogP contribution in [0.4, 0.5) is 18.0 Å². The van der Waals surface area contributed by atoms with Crippen LogP contribution in [0.3, 0.4) is 0 Å². The number of alkyl halides is 3. The molecule has 2 atom stereocenters. The highest BCUT2D eigenvalue weighted by Gasteiger charge is 2.57. The zero-order chi connectivity index (χ0) is 17.1. The molecule has 0 radical (unpaired) electrons. The van der Waals surface area contributed by atoms with Gasteiger partial charge in [-0.1, -0.05) is 37.3 Å². The normalized spacial score (nSPS) is 22.9. The van der Waals surface area contributed by atoms with E-state index in [1.165, 1.54) is 0 Å². The minimum Gasteiger partial charge on any atom is -0.379 e. The molecule has 0 aliphatic carbocycles. The Morgan fingerprint density at radius 1 is 1.39 bits per heavy atom. The third-order valence-corrected chi connectivity index (χ3v) is 4.21. The van der Waals surface area contributed by atoms with Crippen molar-refractivity contribution in [3.8, 4) is 0 Å². The lowest BCUT2D eigenvalue weighted by atomic mass is 10.0. The van der Waals surface area contributed by atoms with E-state index in [0.29, 0.717) is 12.8 Å². The van der Waals surface area contributed by atoms with E-state index in [2.05, 4.69) is 5.32 Å². The van der Waals surface area contributed by atoms with E-state index in [-0.39, 0.29) is 12.6 Å². The number of amides is 2. The Hall–Kier alpha value is -1.76. The van der Waals surface area contributed by atoms with Crippen molar-refractivity contribution in [2.75, 3.05) is 13.1 Å². The van der Waals surface area contributed by atoms with Crippen LogP contribution in [-0.2, 0) is 6.42 Å². The van der Waals surface area contributed by atoms with Gasteiger partial charge in [-0.3, -0.25) is 0 Å². The van der Waals surface area contributed by atoms with Crippen LogP contribution in [0.1, 0.15) is 25.3 Å². The molecule has 0 aromatic heterocycles. The molecule has 1 fully saturated rings. The van der Waals surface area contributed by atoms with Gasteiger partial charge in [0.25, 0.3) is 0 Å². The summed E-state index contributed by atoms with van der Waals surface area (Å²) in [5.41, 5.74) is -1.75. The topological polar surface area (TPSA) is 52.6 Å². The number of likely N-dealkylation sites (tertiary alicyclic amines) is 1. The molecule has 1 aliphatic heterocycles. The van der Waals surface area contributed by atoms with Crippen molar-refractivity contribution in [2.24, 2.45) is 0 Å². The number of aliphatic hydroxyl groups is 1. The molecule has 128 valence electrons. The summed E-state index contributed by atoms with van der Waals surface area (Å²) >= 11 is 0. The van der Waals surface area contributed by atoms with Crippen molar-refractivity contribution in [1.29, 1.82) is 0 Å². The average Bonchev–Trinajstić information content (AvgIpc) is 2.91. The Morgan fingerprint density at radius 2 is 2.04 bits per heavy atom. The Balaban J connectivity index is 1.93. The van der Waals surface area contributed by atoms with Crippen LogP contribution in [0.15, 0.2) is 30.3 Å². The molecule has 0 bridgehead atoms. The Kier molecular flexibility index (Phi) is 5.19. The monoisotopic (exact) mass is 330 g/mol. The molecule has 1 saturated heterocycles. The van der Waals surface area contributed by atoms with Gasteiger partial charge in [-0.15, -0.1) is 0 Å². The van der Waals surface area contributed by atoms with Crippen LogP contribution < -0.4 is 5.32 Å². The second kappa shape index (κ2) is 6.78. The van der Waals surface area contributed by atoms with Crippen molar-refractivity contribution in [1.82, 2.24) is 10.2 Å². The highest BCUT2D eigenvalue weighted by atomic mass is 19.4. The highest BCUT2D eigenvalue weighted by molar-refractivity contribution is 5.75. The minimum absolute atomic E-state index is 0.108. The van der Waals surface area contributed by atoms with Crippen molar-refractivity contribution in [3.05, 3.63) is 35.9 Å². The Morgan fingerprint density at radius 3 is 2.57 bits per heavy atom. The van der Waals surface area contributed by atoms with Gasteiger partial charge in [-0.25, -0.2) is 4.79 Å². The fourth-order valence-corrected chi connectivity index (χ4v) is 2.66. The van der Waals surface area contributed by atoms with Crippen LogP contribution in [-0.4, -0.2) is 46.9 Å². The molecule has 23 heavy (non-hydrogen) atoms. The van der Waals surface area contributed by atoms with E-state index in [1.54, 1.807) is 0 Å². The number of carbonyl (C=O) groups is 1. The fraction of sp³-hybridized carbons (Fsp3) is 0.562. The van der Waals surface area contributed by atoms with E-state index in [9.17, 15) is 23.1 Å². The number of rotatable bonds is 4. The predicted octanol–water partition coefficient (Wildman–Crippen LogP) is 2.72. The average molecular weight is 330 g/mol. The van der Waals surface area contributed by atoms with E-state index in [1.807, 2.05) is 37.3 Å². The minimum atomic E-state index is -4.73. The molecule has 1 heterocycles. The Labute approximate surface area is 133 Å². The molecule has 1 aromatic rings. The first kappa shape index (κ1) is 17.6. The third kappa shape index (κ3) is 4.16. The summed E-state index contributed by atoms with van der Waals surface area (Å²) in [6, 6.07) is 8.84. The third-order valence-electron chi connectivity index (χ3n) is 4.21. The number of carbonyl (C=O) groups excluding carboxylic acids is 1. The zero-order valence-corrected chi connectivity index (χ0v) is 12.9. The van der Waals surface area contributed by atoms with Gasteiger partial charge < -0.3 is 15.3 Å². The highest BCUT2D eigenvalue weighted by Crippen LogP contribution is 2.37. The van der Waals surface area contributed by atoms with E-state index < -0.39 is 30.8 Å². The van der Waals surface area contributed by atoms with Gasteiger partial charge in [-0.05, 0) is 18.4 Å². The molecule has 0 saturated carbocycles. The van der Waals surface area contributed by atoms with Crippen LogP contribution in [0.2, 0.25) is 0 Å². The lowest BCUT2D eigenvalue weighted by Crippen LogP contribution is -2.50. The molecule has 2 N–H and O–H groups in total. The summed E-state index contributed by atoms with van der Waals surface area (Å²) < 4.78 is 38.4. The molecule has 1 aliphatic rings. The van der Waals surface area contributed by atoms with Gasteiger partial charge in [0.15, 0.2) is 5.60 Å². The van der Waals surface area contributed by atoms with Crippen molar-refractivity contribution < 1.29 is 23.1 Å². The number of hydrogen-bond donors (Lipinski definition) is 2. The fourth-order valence-electron chi connectivity index (χ4n) is 2.66. The predicted molar refractivity (Wildman–Crippen MR) is 80.0 cm³/mol.